The lowest BCUT2D eigenvalue weighted by molar-refractivity contribution is -0.113. The Kier molecular flexibility index (Phi) is 3.76. The van der Waals surface area contributed by atoms with E-state index in [2.05, 4.69) is 6.58 Å². The minimum atomic E-state index is -0.417. The van der Waals surface area contributed by atoms with Crippen LogP contribution in [0.1, 0.15) is 6.42 Å². The van der Waals surface area contributed by atoms with Crippen molar-refractivity contribution in [2.75, 3.05) is 0 Å². The van der Waals surface area contributed by atoms with Gasteiger partial charge in [-0.15, -0.1) is 6.58 Å². The molecule has 68 valence electrons. The fraction of sp³-hybridized carbons (Fsp3) is 0.182. The summed E-state index contributed by atoms with van der Waals surface area (Å²) >= 11 is 0. The molecule has 0 radical (unpaired) electrons. The lowest BCUT2D eigenvalue weighted by Gasteiger charge is -2.10. The number of hydrogen-bond donors (Lipinski definition) is 0. The van der Waals surface area contributed by atoms with E-state index >= 15 is 0 Å². The first kappa shape index (κ1) is 9.52. The van der Waals surface area contributed by atoms with E-state index in [9.17, 15) is 4.79 Å². The van der Waals surface area contributed by atoms with Crippen molar-refractivity contribution in [3.63, 3.8) is 0 Å². The lowest BCUT2D eigenvalue weighted by Crippen LogP contribution is -2.16. The molecule has 0 bridgehead atoms. The van der Waals surface area contributed by atoms with Crippen molar-refractivity contribution >= 4 is 6.29 Å². The molecule has 0 saturated heterocycles. The largest absolute Gasteiger partial charge is 0.483 e. The van der Waals surface area contributed by atoms with Crippen LogP contribution in [0.3, 0.4) is 0 Å². The van der Waals surface area contributed by atoms with Crippen molar-refractivity contribution in [2.24, 2.45) is 0 Å². The van der Waals surface area contributed by atoms with Gasteiger partial charge in [-0.25, -0.2) is 0 Å². The zero-order valence-electron chi connectivity index (χ0n) is 7.35. The second kappa shape index (κ2) is 5.14. The molecule has 13 heavy (non-hydrogen) atoms. The molecule has 0 saturated carbocycles. The zero-order valence-corrected chi connectivity index (χ0v) is 7.35. The molecule has 0 amide bonds. The summed E-state index contributed by atoms with van der Waals surface area (Å²) in [5.74, 6) is 0.710. The predicted octanol–water partition coefficient (Wildman–Crippen LogP) is 2.21. The van der Waals surface area contributed by atoms with Gasteiger partial charge in [0, 0.05) is 6.42 Å². The monoisotopic (exact) mass is 176 g/mol. The van der Waals surface area contributed by atoms with Crippen LogP contribution >= 0.6 is 0 Å². The summed E-state index contributed by atoms with van der Waals surface area (Å²) in [6.45, 7) is 3.55. The van der Waals surface area contributed by atoms with Crippen LogP contribution in [0, 0.1) is 0 Å². The first-order chi connectivity index (χ1) is 6.36. The van der Waals surface area contributed by atoms with Gasteiger partial charge in [-0.2, -0.15) is 0 Å². The van der Waals surface area contributed by atoms with Gasteiger partial charge < -0.3 is 4.74 Å². The summed E-state index contributed by atoms with van der Waals surface area (Å²) in [6, 6.07) is 9.27. The van der Waals surface area contributed by atoms with Crippen LogP contribution in [0.4, 0.5) is 0 Å². The molecule has 0 spiro atoms. The Hall–Kier alpha value is -1.57. The van der Waals surface area contributed by atoms with Crippen molar-refractivity contribution in [3.05, 3.63) is 43.0 Å². The second-order valence-electron chi connectivity index (χ2n) is 2.63. The number of hydrogen-bond acceptors (Lipinski definition) is 2. The third-order valence-electron chi connectivity index (χ3n) is 1.58. The highest BCUT2D eigenvalue weighted by atomic mass is 16.5. The Bertz CT molecular complexity index is 267. The highest BCUT2D eigenvalue weighted by Crippen LogP contribution is 2.11. The average Bonchev–Trinajstić information content (AvgIpc) is 2.19. The normalized spacial score (nSPS) is 11.7. The van der Waals surface area contributed by atoms with E-state index in [1.165, 1.54) is 0 Å². The maximum atomic E-state index is 10.5. The van der Waals surface area contributed by atoms with Crippen LogP contribution in [-0.4, -0.2) is 12.4 Å². The van der Waals surface area contributed by atoms with Crippen LogP contribution in [0.25, 0.3) is 0 Å². The molecule has 1 atom stereocenters. The first-order valence-corrected chi connectivity index (χ1v) is 4.14. The summed E-state index contributed by atoms with van der Waals surface area (Å²) < 4.78 is 5.36. The quantitative estimate of drug-likeness (QED) is 0.508. The lowest BCUT2D eigenvalue weighted by atomic mass is 10.2. The number of rotatable bonds is 5. The molecule has 0 aliphatic rings. The molecule has 2 heteroatoms. The molecule has 0 aromatic heterocycles. The summed E-state index contributed by atoms with van der Waals surface area (Å²) in [4.78, 5) is 10.5. The van der Waals surface area contributed by atoms with Gasteiger partial charge in [0.2, 0.25) is 0 Å². The van der Waals surface area contributed by atoms with Gasteiger partial charge in [-0.1, -0.05) is 24.3 Å². The van der Waals surface area contributed by atoms with Crippen molar-refractivity contribution in [2.45, 2.75) is 12.5 Å². The van der Waals surface area contributed by atoms with Gasteiger partial charge in [-0.3, -0.25) is 4.79 Å². The number of benzene rings is 1. The van der Waals surface area contributed by atoms with E-state index in [4.69, 9.17) is 4.74 Å². The Morgan fingerprint density at radius 2 is 2.08 bits per heavy atom. The molecule has 0 N–H and O–H groups in total. The average molecular weight is 176 g/mol. The highest BCUT2D eigenvalue weighted by molar-refractivity contribution is 5.57. The molecule has 0 aliphatic carbocycles. The fourth-order valence-corrected chi connectivity index (χ4v) is 0.970. The predicted molar refractivity (Wildman–Crippen MR) is 51.7 cm³/mol. The summed E-state index contributed by atoms with van der Waals surface area (Å²) in [5, 5.41) is 0. The van der Waals surface area contributed by atoms with Crippen LogP contribution in [0.2, 0.25) is 0 Å². The molecule has 0 aliphatic heterocycles. The molecule has 0 fully saturated rings. The third-order valence-corrected chi connectivity index (χ3v) is 1.58. The van der Waals surface area contributed by atoms with Gasteiger partial charge in [0.25, 0.3) is 0 Å². The van der Waals surface area contributed by atoms with Crippen LogP contribution < -0.4 is 4.74 Å². The van der Waals surface area contributed by atoms with Crippen LogP contribution in [0.15, 0.2) is 43.0 Å². The van der Waals surface area contributed by atoms with Crippen molar-refractivity contribution < 1.29 is 9.53 Å². The van der Waals surface area contributed by atoms with Crippen molar-refractivity contribution in [3.8, 4) is 5.75 Å². The second-order valence-corrected chi connectivity index (χ2v) is 2.63. The van der Waals surface area contributed by atoms with Gasteiger partial charge in [0.15, 0.2) is 12.4 Å². The first-order valence-electron chi connectivity index (χ1n) is 4.14. The standard InChI is InChI=1S/C11H12O2/c1-2-6-11(9-12)13-10-7-4-3-5-8-10/h2-5,7-9,11H,1,6H2. The summed E-state index contributed by atoms with van der Waals surface area (Å²) in [7, 11) is 0. The van der Waals surface area contributed by atoms with E-state index in [0.29, 0.717) is 12.2 Å². The molecule has 1 rings (SSSR count). The molecule has 1 aromatic rings. The minimum Gasteiger partial charge on any atom is -0.483 e. The maximum absolute atomic E-state index is 10.5. The summed E-state index contributed by atoms with van der Waals surface area (Å²) in [5.41, 5.74) is 0. The number of aldehydes is 1. The van der Waals surface area contributed by atoms with Crippen molar-refractivity contribution in [1.29, 1.82) is 0 Å². The number of carbonyl (C=O) groups excluding carboxylic acids is 1. The maximum Gasteiger partial charge on any atom is 0.160 e. The Balaban J connectivity index is 2.56. The topological polar surface area (TPSA) is 26.3 Å². The van der Waals surface area contributed by atoms with Gasteiger partial charge in [0.05, 0.1) is 0 Å². The van der Waals surface area contributed by atoms with Crippen LogP contribution in [-0.2, 0) is 4.79 Å². The molecule has 1 unspecified atom stereocenters. The molecular formula is C11H12O2. The van der Waals surface area contributed by atoms with E-state index in [1.807, 2.05) is 30.3 Å². The van der Waals surface area contributed by atoms with Crippen LogP contribution in [0.5, 0.6) is 5.75 Å². The minimum absolute atomic E-state index is 0.417. The zero-order chi connectivity index (χ0) is 9.52. The third kappa shape index (κ3) is 3.11. The Morgan fingerprint density at radius 1 is 1.38 bits per heavy atom. The SMILES string of the molecule is C=CCC(C=O)Oc1ccccc1. The van der Waals surface area contributed by atoms with Crippen molar-refractivity contribution in [1.82, 2.24) is 0 Å². The molecule has 2 nitrogen and oxygen atoms in total. The summed E-state index contributed by atoms with van der Waals surface area (Å²) in [6.07, 6.45) is 2.58. The van der Waals surface area contributed by atoms with Gasteiger partial charge in [0.1, 0.15) is 5.75 Å². The van der Waals surface area contributed by atoms with Gasteiger partial charge in [-0.05, 0) is 12.1 Å². The fourth-order valence-electron chi connectivity index (χ4n) is 0.970. The Labute approximate surface area is 77.8 Å². The number of para-hydroxylation sites is 1. The van der Waals surface area contributed by atoms with E-state index < -0.39 is 6.10 Å². The number of carbonyl (C=O) groups is 1. The highest BCUT2D eigenvalue weighted by Gasteiger charge is 2.05. The number of ether oxygens (including phenoxy) is 1. The van der Waals surface area contributed by atoms with Gasteiger partial charge >= 0.3 is 0 Å². The smallest absolute Gasteiger partial charge is 0.160 e. The van der Waals surface area contributed by atoms with E-state index in [-0.39, 0.29) is 0 Å². The molecule has 0 heterocycles. The Morgan fingerprint density at radius 3 is 2.62 bits per heavy atom. The van der Waals surface area contributed by atoms with E-state index in [1.54, 1.807) is 6.08 Å². The molecule has 1 aromatic carbocycles. The molecular weight excluding hydrogens is 164 g/mol. The van der Waals surface area contributed by atoms with E-state index in [0.717, 1.165) is 6.29 Å².